The van der Waals surface area contributed by atoms with Crippen molar-refractivity contribution < 1.29 is 9.90 Å². The fraction of sp³-hybridized carbons (Fsp3) is 0.500. The summed E-state index contributed by atoms with van der Waals surface area (Å²) in [6.07, 6.45) is 3.42. The molecule has 0 spiro atoms. The minimum absolute atomic E-state index is 0.441. The molecule has 0 aromatic heterocycles. The van der Waals surface area contributed by atoms with Crippen LogP contribution in [-0.4, -0.2) is 23.7 Å². The van der Waals surface area contributed by atoms with Gasteiger partial charge in [-0.15, -0.1) is 0 Å². The summed E-state index contributed by atoms with van der Waals surface area (Å²) in [5.74, 6) is -0.769. The molecule has 3 nitrogen and oxygen atoms in total. The smallest absolute Gasteiger partial charge is 0.320 e. The molecule has 1 aromatic carbocycles. The first kappa shape index (κ1) is 15.0. The molecule has 0 fully saturated rings. The largest absolute Gasteiger partial charge is 0.480 e. The number of carboxylic acid groups (broad SMARTS) is 1. The van der Waals surface area contributed by atoms with Crippen LogP contribution in [0.4, 0.5) is 0 Å². The third kappa shape index (κ3) is 5.52. The number of carboxylic acids is 1. The topological polar surface area (TPSA) is 49.3 Å². The van der Waals surface area contributed by atoms with Crippen LogP contribution in [0.2, 0.25) is 5.02 Å². The molecule has 100 valence electrons. The fourth-order valence-corrected chi connectivity index (χ4v) is 2.02. The van der Waals surface area contributed by atoms with Crippen molar-refractivity contribution >= 4 is 17.6 Å². The molecule has 0 aliphatic rings. The normalized spacial score (nSPS) is 12.3. The zero-order valence-electron chi connectivity index (χ0n) is 10.7. The molecule has 0 saturated carbocycles. The van der Waals surface area contributed by atoms with Crippen LogP contribution < -0.4 is 5.32 Å². The van der Waals surface area contributed by atoms with E-state index in [0.29, 0.717) is 18.0 Å². The van der Waals surface area contributed by atoms with E-state index in [2.05, 4.69) is 12.2 Å². The van der Waals surface area contributed by atoms with Crippen LogP contribution in [0.3, 0.4) is 0 Å². The predicted octanol–water partition coefficient (Wildman–Crippen LogP) is 3.12. The first-order valence-electron chi connectivity index (χ1n) is 6.34. The predicted molar refractivity (Wildman–Crippen MR) is 74.1 cm³/mol. The van der Waals surface area contributed by atoms with Gasteiger partial charge in [-0.3, -0.25) is 4.79 Å². The van der Waals surface area contributed by atoms with E-state index in [4.69, 9.17) is 16.7 Å². The summed E-state index contributed by atoms with van der Waals surface area (Å²) < 4.78 is 0. The number of aliphatic carboxylic acids is 1. The van der Waals surface area contributed by atoms with Crippen molar-refractivity contribution in [1.29, 1.82) is 0 Å². The van der Waals surface area contributed by atoms with E-state index in [-0.39, 0.29) is 0 Å². The number of unbranched alkanes of at least 4 members (excludes halogenated alkanes) is 1. The van der Waals surface area contributed by atoms with Crippen molar-refractivity contribution in [3.63, 3.8) is 0 Å². The van der Waals surface area contributed by atoms with E-state index in [1.165, 1.54) is 0 Å². The second-order valence-electron chi connectivity index (χ2n) is 4.37. The van der Waals surface area contributed by atoms with Gasteiger partial charge in [0, 0.05) is 5.02 Å². The third-order valence-electron chi connectivity index (χ3n) is 2.84. The summed E-state index contributed by atoms with van der Waals surface area (Å²) in [4.78, 5) is 11.0. The summed E-state index contributed by atoms with van der Waals surface area (Å²) in [5, 5.41) is 12.9. The van der Waals surface area contributed by atoms with Crippen molar-refractivity contribution in [3.05, 3.63) is 34.9 Å². The maximum atomic E-state index is 11.0. The first-order chi connectivity index (χ1) is 8.63. The Morgan fingerprint density at radius 1 is 1.50 bits per heavy atom. The highest BCUT2D eigenvalue weighted by atomic mass is 35.5. The third-order valence-corrected chi connectivity index (χ3v) is 3.07. The summed E-state index contributed by atoms with van der Waals surface area (Å²) >= 11 is 5.89. The Morgan fingerprint density at radius 3 is 2.89 bits per heavy atom. The molecule has 0 bridgehead atoms. The van der Waals surface area contributed by atoms with E-state index >= 15 is 0 Å². The second-order valence-corrected chi connectivity index (χ2v) is 4.80. The Morgan fingerprint density at radius 2 is 2.28 bits per heavy atom. The molecule has 1 aromatic rings. The van der Waals surface area contributed by atoms with Crippen molar-refractivity contribution in [2.45, 2.75) is 38.6 Å². The van der Waals surface area contributed by atoms with E-state index in [0.717, 1.165) is 24.8 Å². The highest BCUT2D eigenvalue weighted by Gasteiger charge is 2.15. The lowest BCUT2D eigenvalue weighted by molar-refractivity contribution is -0.139. The molecule has 2 N–H and O–H groups in total. The molecular formula is C14H20ClNO2. The van der Waals surface area contributed by atoms with Crippen LogP contribution in [0.5, 0.6) is 0 Å². The lowest BCUT2D eigenvalue weighted by Crippen LogP contribution is -2.37. The Balaban J connectivity index is 2.36. The number of halogens is 1. The van der Waals surface area contributed by atoms with Gasteiger partial charge < -0.3 is 10.4 Å². The van der Waals surface area contributed by atoms with Gasteiger partial charge in [-0.05, 0) is 37.1 Å². The quantitative estimate of drug-likeness (QED) is 0.762. The van der Waals surface area contributed by atoms with Gasteiger partial charge in [-0.2, -0.15) is 0 Å². The van der Waals surface area contributed by atoms with Gasteiger partial charge in [0.1, 0.15) is 6.04 Å². The molecular weight excluding hydrogens is 250 g/mol. The van der Waals surface area contributed by atoms with Gasteiger partial charge >= 0.3 is 5.97 Å². The van der Waals surface area contributed by atoms with Gasteiger partial charge in [-0.25, -0.2) is 0 Å². The molecule has 18 heavy (non-hydrogen) atoms. The zero-order chi connectivity index (χ0) is 13.4. The zero-order valence-corrected chi connectivity index (χ0v) is 11.4. The van der Waals surface area contributed by atoms with E-state index in [9.17, 15) is 4.79 Å². The maximum absolute atomic E-state index is 11.0. The molecule has 4 heteroatoms. The number of hydrogen-bond acceptors (Lipinski definition) is 2. The monoisotopic (exact) mass is 269 g/mol. The summed E-state index contributed by atoms with van der Waals surface area (Å²) in [6.45, 7) is 2.71. The molecule has 1 rings (SSSR count). The fourth-order valence-electron chi connectivity index (χ4n) is 1.80. The standard InChI is InChI=1S/C14H20ClNO2/c1-2-3-7-13(14(17)18)16-9-8-11-5-4-6-12(15)10-11/h4-6,10,13,16H,2-3,7-9H2,1H3,(H,17,18). The Bertz CT molecular complexity index is 382. The SMILES string of the molecule is CCCCC(NCCc1cccc(Cl)c1)C(=O)O. The van der Waals surface area contributed by atoms with E-state index in [1.807, 2.05) is 24.3 Å². The van der Waals surface area contributed by atoms with Gasteiger partial charge in [0.25, 0.3) is 0 Å². The van der Waals surface area contributed by atoms with Crippen molar-refractivity contribution in [3.8, 4) is 0 Å². The van der Waals surface area contributed by atoms with Crippen LogP contribution in [0.25, 0.3) is 0 Å². The number of rotatable bonds is 8. The average Bonchev–Trinajstić information content (AvgIpc) is 2.33. The average molecular weight is 270 g/mol. The molecule has 0 aliphatic carbocycles. The van der Waals surface area contributed by atoms with Crippen LogP contribution in [0.15, 0.2) is 24.3 Å². The van der Waals surface area contributed by atoms with E-state index < -0.39 is 12.0 Å². The summed E-state index contributed by atoms with van der Waals surface area (Å²) in [5.41, 5.74) is 1.12. The van der Waals surface area contributed by atoms with Gasteiger partial charge in [0.15, 0.2) is 0 Å². The second kappa shape index (κ2) is 8.11. The number of nitrogens with one attached hydrogen (secondary N) is 1. The number of hydrogen-bond donors (Lipinski definition) is 2. The molecule has 0 radical (unpaired) electrons. The van der Waals surface area contributed by atoms with Gasteiger partial charge in [0.2, 0.25) is 0 Å². The van der Waals surface area contributed by atoms with Crippen LogP contribution in [0.1, 0.15) is 31.7 Å². The van der Waals surface area contributed by atoms with Gasteiger partial charge in [0.05, 0.1) is 0 Å². The molecule has 0 heterocycles. The minimum Gasteiger partial charge on any atom is -0.480 e. The lowest BCUT2D eigenvalue weighted by Gasteiger charge is -2.13. The van der Waals surface area contributed by atoms with Crippen LogP contribution in [0, 0.1) is 0 Å². The van der Waals surface area contributed by atoms with Gasteiger partial charge in [-0.1, -0.05) is 43.5 Å². The molecule has 0 amide bonds. The summed E-state index contributed by atoms with van der Waals surface area (Å²) in [6, 6.07) is 7.20. The Hall–Kier alpha value is -1.06. The molecule has 1 atom stereocenters. The van der Waals surface area contributed by atoms with Crippen LogP contribution >= 0.6 is 11.6 Å². The molecule has 1 unspecified atom stereocenters. The van der Waals surface area contributed by atoms with Crippen molar-refractivity contribution in [2.75, 3.05) is 6.54 Å². The van der Waals surface area contributed by atoms with E-state index in [1.54, 1.807) is 0 Å². The highest BCUT2D eigenvalue weighted by Crippen LogP contribution is 2.11. The van der Waals surface area contributed by atoms with Crippen molar-refractivity contribution in [2.24, 2.45) is 0 Å². The van der Waals surface area contributed by atoms with Crippen molar-refractivity contribution in [1.82, 2.24) is 5.32 Å². The molecule has 0 saturated heterocycles. The minimum atomic E-state index is -0.769. The highest BCUT2D eigenvalue weighted by molar-refractivity contribution is 6.30. The maximum Gasteiger partial charge on any atom is 0.320 e. The first-order valence-corrected chi connectivity index (χ1v) is 6.72. The molecule has 0 aliphatic heterocycles. The number of benzene rings is 1. The Kier molecular flexibility index (Phi) is 6.76. The van der Waals surface area contributed by atoms with Crippen LogP contribution in [-0.2, 0) is 11.2 Å². The summed E-state index contributed by atoms with van der Waals surface area (Å²) in [7, 11) is 0. The lowest BCUT2D eigenvalue weighted by atomic mass is 10.1. The number of carbonyl (C=O) groups is 1. The Labute approximate surface area is 113 Å².